The Morgan fingerprint density at radius 1 is 1.25 bits per heavy atom. The maximum atomic E-state index is 6.08. The molecule has 2 aromatic rings. The van der Waals surface area contributed by atoms with E-state index in [0.717, 1.165) is 23.4 Å². The number of nitrogens with one attached hydrogen (secondary N) is 1. The maximum Gasteiger partial charge on any atom is 0.209 e. The predicted molar refractivity (Wildman–Crippen MR) is 78.5 cm³/mol. The molecule has 1 atom stereocenters. The van der Waals surface area contributed by atoms with E-state index >= 15 is 0 Å². The van der Waals surface area contributed by atoms with Crippen molar-refractivity contribution < 1.29 is 9.15 Å². The Balaban J connectivity index is 1.70. The van der Waals surface area contributed by atoms with Crippen molar-refractivity contribution in [3.63, 3.8) is 0 Å². The van der Waals surface area contributed by atoms with Crippen LogP contribution in [0.2, 0.25) is 0 Å². The van der Waals surface area contributed by atoms with Gasteiger partial charge < -0.3 is 14.5 Å². The Hall–Kier alpha value is -1.39. The van der Waals surface area contributed by atoms with Crippen LogP contribution >= 0.6 is 0 Å². The van der Waals surface area contributed by atoms with Crippen molar-refractivity contribution in [2.45, 2.75) is 57.9 Å². The lowest BCUT2D eigenvalue weighted by Gasteiger charge is -2.27. The minimum atomic E-state index is -0.171. The zero-order chi connectivity index (χ0) is 14.4. The van der Waals surface area contributed by atoms with E-state index in [0.29, 0.717) is 12.6 Å². The number of hydrogen-bond donors (Lipinski definition) is 1. The van der Waals surface area contributed by atoms with Crippen LogP contribution in [-0.2, 0) is 11.3 Å². The van der Waals surface area contributed by atoms with Crippen LogP contribution in [0, 0.1) is 0 Å². The van der Waals surface area contributed by atoms with Crippen LogP contribution in [0.4, 0.5) is 0 Å². The third-order valence-corrected chi connectivity index (χ3v) is 3.91. The van der Waals surface area contributed by atoms with Crippen molar-refractivity contribution in [2.24, 2.45) is 0 Å². The molecule has 4 nitrogen and oxygen atoms in total. The van der Waals surface area contributed by atoms with Gasteiger partial charge in [-0.05, 0) is 46.2 Å². The van der Waals surface area contributed by atoms with E-state index in [1.807, 2.05) is 24.3 Å². The minimum Gasteiger partial charge on any atom is -0.439 e. The Bertz CT molecular complexity index is 583. The minimum absolute atomic E-state index is 0.0809. The van der Waals surface area contributed by atoms with Crippen LogP contribution in [0.5, 0.6) is 0 Å². The van der Waals surface area contributed by atoms with Crippen molar-refractivity contribution >= 4 is 11.1 Å². The van der Waals surface area contributed by atoms with E-state index in [1.54, 1.807) is 0 Å². The smallest absolute Gasteiger partial charge is 0.209 e. The first-order chi connectivity index (χ1) is 9.36. The Kier molecular flexibility index (Phi) is 3.10. The van der Waals surface area contributed by atoms with Gasteiger partial charge >= 0.3 is 0 Å². The third kappa shape index (κ3) is 2.58. The molecule has 0 aliphatic carbocycles. The fourth-order valence-corrected chi connectivity index (χ4v) is 3.09. The number of aromatic nitrogens is 1. The van der Waals surface area contributed by atoms with Crippen molar-refractivity contribution in [1.29, 1.82) is 0 Å². The van der Waals surface area contributed by atoms with Crippen molar-refractivity contribution in [3.8, 4) is 0 Å². The molecule has 1 unspecified atom stereocenters. The highest BCUT2D eigenvalue weighted by Crippen LogP contribution is 2.37. The number of fused-ring (bicyclic) bond motifs is 1. The molecule has 20 heavy (non-hydrogen) atoms. The average molecular weight is 274 g/mol. The second-order valence-electron chi connectivity index (χ2n) is 6.68. The number of hydrogen-bond acceptors (Lipinski definition) is 4. The standard InChI is InChI=1S/C16H22N2O2/c1-15(2)9-13(16(3,4)20-15)17-10-14-18-11-7-5-6-8-12(11)19-14/h5-8,13,17H,9-10H2,1-4H3. The second-order valence-corrected chi connectivity index (χ2v) is 6.68. The van der Waals surface area contributed by atoms with Gasteiger partial charge in [-0.25, -0.2) is 4.98 Å². The summed E-state index contributed by atoms with van der Waals surface area (Å²) in [6.45, 7) is 9.16. The van der Waals surface area contributed by atoms with Crippen LogP contribution in [0.25, 0.3) is 11.1 Å². The van der Waals surface area contributed by atoms with Crippen LogP contribution in [-0.4, -0.2) is 22.2 Å². The first-order valence-corrected chi connectivity index (χ1v) is 7.14. The molecule has 0 saturated carbocycles. The number of rotatable bonds is 3. The summed E-state index contributed by atoms with van der Waals surface area (Å²) in [6.07, 6.45) is 0.986. The second kappa shape index (κ2) is 4.57. The number of ether oxygens (including phenoxy) is 1. The summed E-state index contributed by atoms with van der Waals surface area (Å²) < 4.78 is 11.8. The topological polar surface area (TPSA) is 47.3 Å². The fraction of sp³-hybridized carbons (Fsp3) is 0.562. The quantitative estimate of drug-likeness (QED) is 0.933. The van der Waals surface area contributed by atoms with Gasteiger partial charge in [-0.1, -0.05) is 12.1 Å². The molecule has 1 aliphatic heterocycles. The summed E-state index contributed by atoms with van der Waals surface area (Å²) in [5.41, 5.74) is 1.50. The highest BCUT2D eigenvalue weighted by molar-refractivity contribution is 5.72. The summed E-state index contributed by atoms with van der Waals surface area (Å²) in [4.78, 5) is 4.49. The third-order valence-electron chi connectivity index (χ3n) is 3.91. The molecule has 0 spiro atoms. The first kappa shape index (κ1) is 13.6. The Morgan fingerprint density at radius 2 is 2.00 bits per heavy atom. The molecule has 1 fully saturated rings. The van der Waals surface area contributed by atoms with Crippen molar-refractivity contribution in [3.05, 3.63) is 30.2 Å². The molecule has 0 bridgehead atoms. The highest BCUT2D eigenvalue weighted by atomic mass is 16.5. The molecule has 1 aliphatic rings. The van der Waals surface area contributed by atoms with E-state index < -0.39 is 0 Å². The number of benzene rings is 1. The van der Waals surface area contributed by atoms with Crippen LogP contribution in [0.15, 0.2) is 28.7 Å². The number of oxazole rings is 1. The van der Waals surface area contributed by atoms with Gasteiger partial charge in [-0.15, -0.1) is 0 Å². The molecular formula is C16H22N2O2. The molecule has 0 amide bonds. The molecule has 1 aromatic heterocycles. The molecule has 108 valence electrons. The summed E-state index contributed by atoms with van der Waals surface area (Å²) in [5, 5.41) is 3.52. The average Bonchev–Trinajstić information content (AvgIpc) is 2.83. The van der Waals surface area contributed by atoms with E-state index in [-0.39, 0.29) is 11.2 Å². The summed E-state index contributed by atoms with van der Waals surface area (Å²) in [5.74, 6) is 0.728. The van der Waals surface area contributed by atoms with Gasteiger partial charge in [-0.2, -0.15) is 0 Å². The molecule has 0 radical (unpaired) electrons. The van der Waals surface area contributed by atoms with E-state index in [1.165, 1.54) is 0 Å². The van der Waals surface area contributed by atoms with Gasteiger partial charge in [0.1, 0.15) is 5.52 Å². The van der Waals surface area contributed by atoms with Gasteiger partial charge in [0.05, 0.1) is 17.7 Å². The molecule has 2 heterocycles. The molecule has 4 heteroatoms. The largest absolute Gasteiger partial charge is 0.439 e. The van der Waals surface area contributed by atoms with Crippen molar-refractivity contribution in [1.82, 2.24) is 10.3 Å². The monoisotopic (exact) mass is 274 g/mol. The van der Waals surface area contributed by atoms with Crippen LogP contribution in [0.3, 0.4) is 0 Å². The van der Waals surface area contributed by atoms with Gasteiger partial charge in [0.25, 0.3) is 0 Å². The van der Waals surface area contributed by atoms with E-state index in [4.69, 9.17) is 9.15 Å². The molecular weight excluding hydrogens is 252 g/mol. The summed E-state index contributed by atoms with van der Waals surface area (Å²) in [7, 11) is 0. The maximum absolute atomic E-state index is 6.08. The van der Waals surface area contributed by atoms with E-state index in [9.17, 15) is 0 Å². The van der Waals surface area contributed by atoms with Gasteiger partial charge in [-0.3, -0.25) is 0 Å². The normalized spacial score (nSPS) is 24.3. The molecule has 1 N–H and O–H groups in total. The van der Waals surface area contributed by atoms with Crippen molar-refractivity contribution in [2.75, 3.05) is 0 Å². The molecule has 1 saturated heterocycles. The number of nitrogens with zero attached hydrogens (tertiary/aromatic N) is 1. The van der Waals surface area contributed by atoms with Gasteiger partial charge in [0, 0.05) is 6.04 Å². The lowest BCUT2D eigenvalue weighted by molar-refractivity contribution is -0.0699. The summed E-state index contributed by atoms with van der Waals surface area (Å²) >= 11 is 0. The number of para-hydroxylation sites is 2. The SMILES string of the molecule is CC1(C)CC(NCc2nc3ccccc3o2)C(C)(C)O1. The Labute approximate surface area is 119 Å². The van der Waals surface area contributed by atoms with Crippen LogP contribution < -0.4 is 5.32 Å². The molecule has 3 rings (SSSR count). The molecule has 1 aromatic carbocycles. The fourth-order valence-electron chi connectivity index (χ4n) is 3.09. The first-order valence-electron chi connectivity index (χ1n) is 7.14. The lowest BCUT2D eigenvalue weighted by Crippen LogP contribution is -2.42. The Morgan fingerprint density at radius 3 is 2.65 bits per heavy atom. The van der Waals surface area contributed by atoms with Crippen LogP contribution in [0.1, 0.15) is 40.0 Å². The predicted octanol–water partition coefficient (Wildman–Crippen LogP) is 3.26. The lowest BCUT2D eigenvalue weighted by atomic mass is 9.94. The van der Waals surface area contributed by atoms with E-state index in [2.05, 4.69) is 38.0 Å². The zero-order valence-corrected chi connectivity index (χ0v) is 12.6. The van der Waals surface area contributed by atoms with Gasteiger partial charge in [0.2, 0.25) is 5.89 Å². The van der Waals surface area contributed by atoms with Gasteiger partial charge in [0.15, 0.2) is 5.58 Å². The summed E-state index contributed by atoms with van der Waals surface area (Å²) in [6, 6.07) is 8.14. The zero-order valence-electron chi connectivity index (χ0n) is 12.6. The highest BCUT2D eigenvalue weighted by Gasteiger charge is 2.45.